The van der Waals surface area contributed by atoms with Crippen LogP contribution in [0.5, 0.6) is 23.0 Å². The van der Waals surface area contributed by atoms with Gasteiger partial charge in [-0.15, -0.1) is 0 Å². The number of fused-ring (bicyclic) bond motifs is 4. The summed E-state index contributed by atoms with van der Waals surface area (Å²) in [4.78, 5) is 11.8. The maximum atomic E-state index is 11.8. The number of nitrogens with zero attached hydrogens (tertiary/aromatic N) is 1. The predicted molar refractivity (Wildman–Crippen MR) is 138 cm³/mol. The monoisotopic (exact) mass is 529 g/mol. The van der Waals surface area contributed by atoms with Crippen LogP contribution in [0, 0.1) is 0 Å². The van der Waals surface area contributed by atoms with Gasteiger partial charge in [0.25, 0.3) is 0 Å². The van der Waals surface area contributed by atoms with Gasteiger partial charge in [-0.05, 0) is 56.0 Å². The number of aryl methyl sites for hydroxylation is 3. The lowest BCUT2D eigenvalue weighted by molar-refractivity contribution is -0.686. The molecule has 1 aromatic heterocycles. The van der Waals surface area contributed by atoms with E-state index in [1.54, 1.807) is 28.4 Å². The van der Waals surface area contributed by atoms with E-state index in [1.807, 2.05) is 13.0 Å². The molecule has 1 aliphatic rings. The summed E-state index contributed by atoms with van der Waals surface area (Å²) < 4.78 is 30.0. The first-order chi connectivity index (χ1) is 17.6. The molecule has 0 fully saturated rings. The average molecular weight is 530 g/mol. The number of hydrogen-bond acceptors (Lipinski definition) is 6. The molecule has 0 N–H and O–H groups in total. The van der Waals surface area contributed by atoms with Gasteiger partial charge in [-0.25, -0.2) is 0 Å². The molecule has 0 atom stereocenters. The van der Waals surface area contributed by atoms with Gasteiger partial charge in [-0.3, -0.25) is 4.79 Å². The second-order valence-electron chi connectivity index (χ2n) is 8.89. The van der Waals surface area contributed by atoms with E-state index in [0.29, 0.717) is 18.8 Å². The van der Waals surface area contributed by atoms with Crippen molar-refractivity contribution in [3.8, 4) is 34.3 Å². The normalized spacial score (nSPS) is 11.7. The zero-order valence-electron chi connectivity index (χ0n) is 22.3. The molecule has 4 rings (SSSR count). The minimum absolute atomic E-state index is 0. The van der Waals surface area contributed by atoms with E-state index in [4.69, 9.17) is 23.7 Å². The molecule has 37 heavy (non-hydrogen) atoms. The Hall–Kier alpha value is -3.19. The van der Waals surface area contributed by atoms with Crippen molar-refractivity contribution in [1.29, 1.82) is 0 Å². The van der Waals surface area contributed by atoms with Gasteiger partial charge in [0.1, 0.15) is 0 Å². The van der Waals surface area contributed by atoms with Gasteiger partial charge >= 0.3 is 5.97 Å². The van der Waals surface area contributed by atoms with E-state index in [9.17, 15) is 4.79 Å². The standard InChI is InChI=1S/C29H36NO6.ClH/c1-6-36-27(31)11-9-7-8-10-21-20-12-13-24(32-2)29(35-5)23(20)18-30-15-14-19-16-25(33-3)26(34-4)17-22(19)28(21)30;/h12-13,16-18H,6-11,14-15H2,1-5H3;1H/q+1;/p-1. The summed E-state index contributed by atoms with van der Waals surface area (Å²) >= 11 is 0. The third-order valence-electron chi connectivity index (χ3n) is 6.87. The minimum Gasteiger partial charge on any atom is -1.00 e. The van der Waals surface area contributed by atoms with Crippen molar-refractivity contribution in [3.05, 3.63) is 41.6 Å². The lowest BCUT2D eigenvalue weighted by Crippen LogP contribution is -3.00. The van der Waals surface area contributed by atoms with Crippen LogP contribution in [0.2, 0.25) is 0 Å². The summed E-state index contributed by atoms with van der Waals surface area (Å²) in [5.74, 6) is 2.80. The number of methoxy groups -OCH3 is 4. The lowest BCUT2D eigenvalue weighted by atomic mass is 9.89. The Morgan fingerprint density at radius 2 is 1.62 bits per heavy atom. The topological polar surface area (TPSA) is 67.1 Å². The molecule has 0 unspecified atom stereocenters. The molecule has 200 valence electrons. The van der Waals surface area contributed by atoms with E-state index in [0.717, 1.165) is 72.2 Å². The number of unbranched alkanes of at least 4 members (excludes halogenated alkanes) is 2. The van der Waals surface area contributed by atoms with Gasteiger partial charge in [0.2, 0.25) is 5.69 Å². The Balaban J connectivity index is 0.00000380. The minimum atomic E-state index is -0.123. The SMILES string of the molecule is CCOC(=O)CCCCCc1c2[n+](cc3c(OC)c(OC)ccc13)CCc1cc(OC)c(OC)cc1-2.[Cl-]. The molecule has 3 aromatic rings. The highest BCUT2D eigenvalue weighted by Crippen LogP contribution is 2.42. The first kappa shape index (κ1) is 28.4. The molecule has 2 aromatic carbocycles. The molecule has 7 nitrogen and oxygen atoms in total. The van der Waals surface area contributed by atoms with Crippen molar-refractivity contribution in [3.63, 3.8) is 0 Å². The number of aromatic nitrogens is 1. The third kappa shape index (κ3) is 5.72. The third-order valence-corrected chi connectivity index (χ3v) is 6.87. The summed E-state index contributed by atoms with van der Waals surface area (Å²) in [5.41, 5.74) is 4.87. The molecule has 0 radical (unpaired) electrons. The average Bonchev–Trinajstić information content (AvgIpc) is 2.90. The predicted octanol–water partition coefficient (Wildman–Crippen LogP) is 2.05. The van der Waals surface area contributed by atoms with Crippen molar-refractivity contribution >= 4 is 16.7 Å². The molecule has 8 heteroatoms. The van der Waals surface area contributed by atoms with Crippen LogP contribution < -0.4 is 35.9 Å². The second-order valence-corrected chi connectivity index (χ2v) is 8.89. The highest BCUT2D eigenvalue weighted by Gasteiger charge is 2.31. The van der Waals surface area contributed by atoms with E-state index < -0.39 is 0 Å². The smallest absolute Gasteiger partial charge is 0.305 e. The number of carbonyl (C=O) groups is 1. The van der Waals surface area contributed by atoms with Crippen molar-refractivity contribution < 1.29 is 45.5 Å². The summed E-state index contributed by atoms with van der Waals surface area (Å²) in [6.07, 6.45) is 7.13. The molecular weight excluding hydrogens is 494 g/mol. The van der Waals surface area contributed by atoms with Gasteiger partial charge in [-0.1, -0.05) is 6.42 Å². The van der Waals surface area contributed by atoms with Gasteiger partial charge in [0, 0.05) is 23.8 Å². The number of pyridine rings is 1. The van der Waals surface area contributed by atoms with E-state index in [1.165, 1.54) is 16.8 Å². The molecule has 0 aliphatic carbocycles. The van der Waals surface area contributed by atoms with Gasteiger partial charge in [0.15, 0.2) is 35.7 Å². The maximum Gasteiger partial charge on any atom is 0.305 e. The van der Waals surface area contributed by atoms with Crippen molar-refractivity contribution in [1.82, 2.24) is 0 Å². The molecule has 0 bridgehead atoms. The molecule has 0 saturated carbocycles. The fourth-order valence-corrected chi connectivity index (χ4v) is 5.18. The number of benzene rings is 2. The number of hydrogen-bond donors (Lipinski definition) is 0. The fourth-order valence-electron chi connectivity index (χ4n) is 5.18. The Morgan fingerprint density at radius 1 is 0.892 bits per heavy atom. The Kier molecular flexibility index (Phi) is 9.86. The zero-order chi connectivity index (χ0) is 25.7. The summed E-state index contributed by atoms with van der Waals surface area (Å²) in [5, 5.41) is 2.18. The molecule has 0 spiro atoms. The van der Waals surface area contributed by atoms with Crippen molar-refractivity contribution in [2.24, 2.45) is 0 Å². The highest BCUT2D eigenvalue weighted by molar-refractivity contribution is 5.95. The van der Waals surface area contributed by atoms with Crippen LogP contribution in [-0.2, 0) is 28.9 Å². The number of ether oxygens (including phenoxy) is 5. The fraction of sp³-hybridized carbons (Fsp3) is 0.448. The zero-order valence-corrected chi connectivity index (χ0v) is 23.1. The number of rotatable bonds is 11. The van der Waals surface area contributed by atoms with E-state index in [-0.39, 0.29) is 18.4 Å². The van der Waals surface area contributed by atoms with E-state index in [2.05, 4.69) is 29.0 Å². The summed E-state index contributed by atoms with van der Waals surface area (Å²) in [6.45, 7) is 3.12. The van der Waals surface area contributed by atoms with Crippen molar-refractivity contribution in [2.45, 2.75) is 52.0 Å². The van der Waals surface area contributed by atoms with Crippen LogP contribution in [0.15, 0.2) is 30.5 Å². The summed E-state index contributed by atoms with van der Waals surface area (Å²) in [6, 6.07) is 8.29. The van der Waals surface area contributed by atoms with Gasteiger partial charge < -0.3 is 36.1 Å². The number of esters is 1. The quantitative estimate of drug-likeness (QED) is 0.215. The molecule has 1 aliphatic heterocycles. The molecule has 0 amide bonds. The Morgan fingerprint density at radius 3 is 2.30 bits per heavy atom. The first-order valence-corrected chi connectivity index (χ1v) is 12.6. The van der Waals surface area contributed by atoms with Crippen LogP contribution in [0.25, 0.3) is 22.0 Å². The summed E-state index contributed by atoms with van der Waals surface area (Å²) in [7, 11) is 6.69. The van der Waals surface area contributed by atoms with Crippen LogP contribution in [0.1, 0.15) is 43.7 Å². The Labute approximate surface area is 225 Å². The number of halogens is 1. The molecule has 0 saturated heterocycles. The van der Waals surface area contributed by atoms with Crippen LogP contribution in [0.3, 0.4) is 0 Å². The van der Waals surface area contributed by atoms with Gasteiger partial charge in [0.05, 0.1) is 46.0 Å². The van der Waals surface area contributed by atoms with Gasteiger partial charge in [-0.2, -0.15) is 4.57 Å². The Bertz CT molecular complexity index is 1260. The highest BCUT2D eigenvalue weighted by atomic mass is 35.5. The van der Waals surface area contributed by atoms with Crippen LogP contribution in [0.4, 0.5) is 0 Å². The maximum absolute atomic E-state index is 11.8. The largest absolute Gasteiger partial charge is 1.00 e. The number of carbonyl (C=O) groups excluding carboxylic acids is 1. The van der Waals surface area contributed by atoms with E-state index >= 15 is 0 Å². The second kappa shape index (κ2) is 12.9. The van der Waals surface area contributed by atoms with Crippen molar-refractivity contribution in [2.75, 3.05) is 35.0 Å². The first-order valence-electron chi connectivity index (χ1n) is 12.6. The molecular formula is C29H36ClNO6. The molecule has 2 heterocycles. The lowest BCUT2D eigenvalue weighted by Gasteiger charge is -2.22. The van der Waals surface area contributed by atoms with Crippen LogP contribution >= 0.6 is 0 Å². The van der Waals surface area contributed by atoms with Crippen LogP contribution in [-0.4, -0.2) is 41.0 Å².